The molecule has 0 unspecified atom stereocenters. The van der Waals surface area contributed by atoms with Crippen LogP contribution in [0.3, 0.4) is 0 Å². The van der Waals surface area contributed by atoms with Gasteiger partial charge in [0.15, 0.2) is 0 Å². The maximum Gasteiger partial charge on any atom is 0.269 e. The van der Waals surface area contributed by atoms with Crippen LogP contribution in [0.15, 0.2) is 29.2 Å². The number of morpholine rings is 1. The summed E-state index contributed by atoms with van der Waals surface area (Å²) in [6.07, 6.45) is 1.74. The molecule has 2 heterocycles. The van der Waals surface area contributed by atoms with E-state index < -0.39 is 0 Å². The summed E-state index contributed by atoms with van der Waals surface area (Å²) >= 11 is 0. The second-order valence-corrected chi connectivity index (χ2v) is 4.59. The molecule has 1 aromatic rings. The molecule has 0 aromatic carbocycles. The van der Waals surface area contributed by atoms with Gasteiger partial charge in [0.2, 0.25) is 0 Å². The van der Waals surface area contributed by atoms with Crippen molar-refractivity contribution in [2.45, 2.75) is 6.54 Å². The number of ether oxygens (including phenoxy) is 1. The second-order valence-electron chi connectivity index (χ2n) is 4.59. The Morgan fingerprint density at radius 2 is 2.26 bits per heavy atom. The Labute approximate surface area is 112 Å². The molecule has 0 radical (unpaired) electrons. The van der Waals surface area contributed by atoms with Gasteiger partial charge in [-0.3, -0.25) is 4.79 Å². The third kappa shape index (κ3) is 3.65. The molecule has 1 fully saturated rings. The van der Waals surface area contributed by atoms with Gasteiger partial charge in [0.1, 0.15) is 0 Å². The van der Waals surface area contributed by atoms with E-state index in [1.54, 1.807) is 12.3 Å². The van der Waals surface area contributed by atoms with Crippen LogP contribution in [0.1, 0.15) is 0 Å². The number of nitrogens with one attached hydrogen (secondary N) is 1. The molecule has 0 bridgehead atoms. The van der Waals surface area contributed by atoms with Gasteiger partial charge in [0, 0.05) is 25.7 Å². The van der Waals surface area contributed by atoms with Crippen LogP contribution in [-0.2, 0) is 11.3 Å². The fraction of sp³-hybridized carbons (Fsp3) is 0.538. The normalized spacial score (nSPS) is 15.5. The van der Waals surface area contributed by atoms with E-state index in [1.807, 2.05) is 7.05 Å². The van der Waals surface area contributed by atoms with Gasteiger partial charge in [-0.25, -0.2) is 4.68 Å². The monoisotopic (exact) mass is 264 g/mol. The molecule has 19 heavy (non-hydrogen) atoms. The number of nitrogens with zero attached hydrogens (tertiary/aromatic N) is 3. The van der Waals surface area contributed by atoms with Crippen LogP contribution in [0.2, 0.25) is 0 Å². The van der Waals surface area contributed by atoms with E-state index in [9.17, 15) is 4.79 Å². The second kappa shape index (κ2) is 6.49. The highest BCUT2D eigenvalue weighted by molar-refractivity contribution is 5.43. The number of aromatic nitrogens is 2. The Bertz CT molecular complexity index is 492. The van der Waals surface area contributed by atoms with Crippen molar-refractivity contribution in [1.82, 2.24) is 15.1 Å². The van der Waals surface area contributed by atoms with Crippen molar-refractivity contribution in [2.24, 2.45) is 0 Å². The molecule has 6 nitrogen and oxygen atoms in total. The van der Waals surface area contributed by atoms with Gasteiger partial charge in [-0.1, -0.05) is 6.58 Å². The lowest BCUT2D eigenvalue weighted by Crippen LogP contribution is -2.37. The number of hydrogen-bond acceptors (Lipinski definition) is 5. The third-order valence-electron chi connectivity index (χ3n) is 3.03. The highest BCUT2D eigenvalue weighted by Crippen LogP contribution is 2.11. The molecule has 1 aliphatic heterocycles. The fourth-order valence-electron chi connectivity index (χ4n) is 2.05. The lowest BCUT2D eigenvalue weighted by atomic mass is 10.3. The first kappa shape index (κ1) is 13.8. The highest BCUT2D eigenvalue weighted by Gasteiger charge is 2.12. The average Bonchev–Trinajstić information content (AvgIpc) is 2.42. The van der Waals surface area contributed by atoms with Crippen molar-refractivity contribution in [3.8, 4) is 0 Å². The van der Waals surface area contributed by atoms with Crippen LogP contribution in [-0.4, -0.2) is 49.7 Å². The van der Waals surface area contributed by atoms with E-state index in [0.717, 1.165) is 24.4 Å². The molecule has 6 heteroatoms. The summed E-state index contributed by atoms with van der Waals surface area (Å²) in [5, 5.41) is 7.21. The van der Waals surface area contributed by atoms with E-state index >= 15 is 0 Å². The zero-order valence-corrected chi connectivity index (χ0v) is 11.3. The van der Waals surface area contributed by atoms with Crippen molar-refractivity contribution < 1.29 is 4.74 Å². The summed E-state index contributed by atoms with van der Waals surface area (Å²) < 4.78 is 6.72. The largest absolute Gasteiger partial charge is 0.378 e. The number of anilines is 1. The quantitative estimate of drug-likeness (QED) is 0.750. The molecular formula is C13H20N4O2. The van der Waals surface area contributed by atoms with Crippen LogP contribution < -0.4 is 15.8 Å². The molecule has 2 rings (SSSR count). The Kier molecular flexibility index (Phi) is 4.70. The van der Waals surface area contributed by atoms with E-state index in [-0.39, 0.29) is 5.56 Å². The van der Waals surface area contributed by atoms with Crippen molar-refractivity contribution in [1.29, 1.82) is 0 Å². The maximum atomic E-state index is 12.0. The molecule has 0 atom stereocenters. The van der Waals surface area contributed by atoms with Gasteiger partial charge < -0.3 is 15.0 Å². The molecule has 0 spiro atoms. The minimum Gasteiger partial charge on any atom is -0.378 e. The van der Waals surface area contributed by atoms with Crippen LogP contribution in [0, 0.1) is 0 Å². The van der Waals surface area contributed by atoms with Crippen LogP contribution in [0.5, 0.6) is 0 Å². The molecule has 1 aromatic heterocycles. The predicted molar refractivity (Wildman–Crippen MR) is 74.6 cm³/mol. The highest BCUT2D eigenvalue weighted by atomic mass is 16.5. The minimum absolute atomic E-state index is 0.0961. The standard InChI is InChI=1S/C13H20N4O2/c1-11(8-14-2)10-17-13(18)7-12(9-15-17)16-3-5-19-6-4-16/h7,9,14H,1,3-6,8,10H2,2H3. The first-order chi connectivity index (χ1) is 9.20. The van der Waals surface area contributed by atoms with E-state index in [1.165, 1.54) is 4.68 Å². The van der Waals surface area contributed by atoms with E-state index in [0.29, 0.717) is 26.3 Å². The molecule has 1 aliphatic rings. The lowest BCUT2D eigenvalue weighted by Gasteiger charge is -2.28. The summed E-state index contributed by atoms with van der Waals surface area (Å²) in [6, 6.07) is 1.63. The molecule has 0 amide bonds. The molecule has 1 saturated heterocycles. The predicted octanol–water partition coefficient (Wildman–Crippen LogP) is -0.144. The van der Waals surface area contributed by atoms with Gasteiger partial charge in [-0.2, -0.15) is 5.10 Å². The Morgan fingerprint density at radius 3 is 2.89 bits per heavy atom. The number of rotatable bonds is 5. The molecular weight excluding hydrogens is 244 g/mol. The molecule has 0 saturated carbocycles. The Balaban J connectivity index is 2.08. The van der Waals surface area contributed by atoms with Gasteiger partial charge in [0.05, 0.1) is 31.6 Å². The Morgan fingerprint density at radius 1 is 1.53 bits per heavy atom. The van der Waals surface area contributed by atoms with E-state index in [2.05, 4.69) is 21.9 Å². The minimum atomic E-state index is -0.0961. The van der Waals surface area contributed by atoms with E-state index in [4.69, 9.17) is 4.74 Å². The first-order valence-corrected chi connectivity index (χ1v) is 6.42. The SMILES string of the molecule is C=C(CNC)Cn1ncc(N2CCOCC2)cc1=O. The van der Waals surface area contributed by atoms with Gasteiger partial charge in [-0.05, 0) is 12.6 Å². The van der Waals surface area contributed by atoms with Crippen molar-refractivity contribution in [3.05, 3.63) is 34.8 Å². The first-order valence-electron chi connectivity index (χ1n) is 6.42. The zero-order valence-electron chi connectivity index (χ0n) is 11.3. The van der Waals surface area contributed by atoms with Crippen molar-refractivity contribution in [2.75, 3.05) is 44.8 Å². The Hall–Kier alpha value is -1.66. The summed E-state index contributed by atoms with van der Waals surface area (Å²) in [7, 11) is 1.85. The average molecular weight is 264 g/mol. The smallest absolute Gasteiger partial charge is 0.269 e. The fourth-order valence-corrected chi connectivity index (χ4v) is 2.05. The number of hydrogen-bond donors (Lipinski definition) is 1. The molecule has 104 valence electrons. The third-order valence-corrected chi connectivity index (χ3v) is 3.03. The van der Waals surface area contributed by atoms with Gasteiger partial charge in [0.25, 0.3) is 5.56 Å². The lowest BCUT2D eigenvalue weighted by molar-refractivity contribution is 0.122. The molecule has 1 N–H and O–H groups in total. The molecule has 0 aliphatic carbocycles. The van der Waals surface area contributed by atoms with Crippen molar-refractivity contribution >= 4 is 5.69 Å². The van der Waals surface area contributed by atoms with Crippen LogP contribution >= 0.6 is 0 Å². The summed E-state index contributed by atoms with van der Waals surface area (Å²) in [5.41, 5.74) is 1.70. The number of likely N-dealkylation sites (N-methyl/N-ethyl adjacent to an activating group) is 1. The zero-order chi connectivity index (χ0) is 13.7. The van der Waals surface area contributed by atoms with Gasteiger partial charge in [-0.15, -0.1) is 0 Å². The summed E-state index contributed by atoms with van der Waals surface area (Å²) in [4.78, 5) is 14.1. The summed E-state index contributed by atoms with van der Waals surface area (Å²) in [6.45, 7) is 8.03. The van der Waals surface area contributed by atoms with Crippen LogP contribution in [0.25, 0.3) is 0 Å². The maximum absolute atomic E-state index is 12.0. The topological polar surface area (TPSA) is 59.4 Å². The summed E-state index contributed by atoms with van der Waals surface area (Å²) in [5.74, 6) is 0. The van der Waals surface area contributed by atoms with Crippen molar-refractivity contribution in [3.63, 3.8) is 0 Å². The van der Waals surface area contributed by atoms with Crippen LogP contribution in [0.4, 0.5) is 5.69 Å². The van der Waals surface area contributed by atoms with Gasteiger partial charge >= 0.3 is 0 Å².